The molecule has 1 aliphatic rings. The average Bonchev–Trinajstić information content (AvgIpc) is 2.95. The second-order valence-corrected chi connectivity index (χ2v) is 7.03. The van der Waals surface area contributed by atoms with Crippen molar-refractivity contribution in [1.29, 1.82) is 0 Å². The third-order valence-corrected chi connectivity index (χ3v) is 3.96. The van der Waals surface area contributed by atoms with Crippen molar-refractivity contribution in [3.05, 3.63) is 36.4 Å². The summed E-state index contributed by atoms with van der Waals surface area (Å²) in [6, 6.07) is 12.3. The summed E-state index contributed by atoms with van der Waals surface area (Å²) in [6.07, 6.45) is 0.885. The molecule has 1 aromatic heterocycles. The number of hydrogen-bond acceptors (Lipinski definition) is 3. The van der Waals surface area contributed by atoms with Crippen LogP contribution >= 0.6 is 0 Å². The standard InChI is InChI=1S/C18H23N3O/c1-18(2,3)20-17(22)14-10-11-21(12-14)16-9-8-13-6-4-5-7-15(13)19-16/h4-9,14H,10-12H2,1-3H3,(H,20,22). The van der Waals surface area contributed by atoms with Gasteiger partial charge < -0.3 is 10.2 Å². The van der Waals surface area contributed by atoms with Gasteiger partial charge in [-0.05, 0) is 45.4 Å². The molecule has 1 aliphatic heterocycles. The number of aromatic nitrogens is 1. The van der Waals surface area contributed by atoms with E-state index in [0.717, 1.165) is 36.2 Å². The molecule has 1 amide bonds. The highest BCUT2D eigenvalue weighted by atomic mass is 16.2. The monoisotopic (exact) mass is 297 g/mol. The number of pyridine rings is 1. The molecular weight excluding hydrogens is 274 g/mol. The Morgan fingerprint density at radius 1 is 1.23 bits per heavy atom. The van der Waals surface area contributed by atoms with Gasteiger partial charge in [0.15, 0.2) is 0 Å². The van der Waals surface area contributed by atoms with E-state index in [1.54, 1.807) is 0 Å². The van der Waals surface area contributed by atoms with E-state index in [1.165, 1.54) is 0 Å². The highest BCUT2D eigenvalue weighted by Gasteiger charge is 2.30. The van der Waals surface area contributed by atoms with Gasteiger partial charge in [0.2, 0.25) is 5.91 Å². The van der Waals surface area contributed by atoms with Gasteiger partial charge in [-0.2, -0.15) is 0 Å². The molecule has 0 aliphatic carbocycles. The number of anilines is 1. The fourth-order valence-electron chi connectivity index (χ4n) is 2.89. The molecule has 4 heteroatoms. The first-order valence-corrected chi connectivity index (χ1v) is 7.85. The van der Waals surface area contributed by atoms with Crippen LogP contribution in [0.4, 0.5) is 5.82 Å². The Morgan fingerprint density at radius 3 is 2.77 bits per heavy atom. The van der Waals surface area contributed by atoms with Gasteiger partial charge in [-0.15, -0.1) is 0 Å². The summed E-state index contributed by atoms with van der Waals surface area (Å²) in [5.74, 6) is 1.16. The fourth-order valence-corrected chi connectivity index (χ4v) is 2.89. The lowest BCUT2D eigenvalue weighted by Crippen LogP contribution is -2.44. The molecule has 1 saturated heterocycles. The van der Waals surface area contributed by atoms with E-state index in [4.69, 9.17) is 4.98 Å². The van der Waals surface area contributed by atoms with Crippen molar-refractivity contribution in [3.8, 4) is 0 Å². The van der Waals surface area contributed by atoms with Gasteiger partial charge in [0.1, 0.15) is 5.82 Å². The molecule has 0 bridgehead atoms. The van der Waals surface area contributed by atoms with Crippen molar-refractivity contribution in [2.75, 3.05) is 18.0 Å². The lowest BCUT2D eigenvalue weighted by Gasteiger charge is -2.23. The number of para-hydroxylation sites is 1. The molecule has 116 valence electrons. The van der Waals surface area contributed by atoms with Crippen LogP contribution in [0.1, 0.15) is 27.2 Å². The molecular formula is C18H23N3O. The number of rotatable bonds is 2. The number of carbonyl (C=O) groups is 1. The first-order valence-electron chi connectivity index (χ1n) is 7.85. The Hall–Kier alpha value is -2.10. The van der Waals surface area contributed by atoms with E-state index < -0.39 is 0 Å². The zero-order chi connectivity index (χ0) is 15.7. The van der Waals surface area contributed by atoms with Crippen LogP contribution in [-0.4, -0.2) is 29.5 Å². The third kappa shape index (κ3) is 3.21. The lowest BCUT2D eigenvalue weighted by molar-refractivity contribution is -0.125. The van der Waals surface area contributed by atoms with Crippen LogP contribution in [-0.2, 0) is 4.79 Å². The molecule has 1 aromatic carbocycles. The minimum absolute atomic E-state index is 0.0486. The Bertz CT molecular complexity index is 690. The summed E-state index contributed by atoms with van der Waals surface area (Å²) in [5.41, 5.74) is 0.828. The van der Waals surface area contributed by atoms with Crippen molar-refractivity contribution < 1.29 is 4.79 Å². The van der Waals surface area contributed by atoms with Crippen LogP contribution < -0.4 is 10.2 Å². The Morgan fingerprint density at radius 2 is 2.00 bits per heavy atom. The summed E-state index contributed by atoms with van der Waals surface area (Å²) in [5, 5.41) is 4.22. The largest absolute Gasteiger partial charge is 0.356 e. The zero-order valence-corrected chi connectivity index (χ0v) is 13.5. The van der Waals surface area contributed by atoms with E-state index in [-0.39, 0.29) is 17.4 Å². The van der Waals surface area contributed by atoms with Gasteiger partial charge in [0, 0.05) is 24.0 Å². The molecule has 1 atom stereocenters. The molecule has 4 nitrogen and oxygen atoms in total. The molecule has 1 unspecified atom stereocenters. The van der Waals surface area contributed by atoms with Crippen molar-refractivity contribution >= 4 is 22.6 Å². The first-order chi connectivity index (χ1) is 10.4. The quantitative estimate of drug-likeness (QED) is 0.927. The molecule has 0 spiro atoms. The molecule has 22 heavy (non-hydrogen) atoms. The normalized spacial score (nSPS) is 18.7. The molecule has 2 heterocycles. The van der Waals surface area contributed by atoms with Crippen molar-refractivity contribution in [3.63, 3.8) is 0 Å². The first kappa shape index (κ1) is 14.8. The van der Waals surface area contributed by atoms with Gasteiger partial charge in [-0.1, -0.05) is 18.2 Å². The third-order valence-electron chi connectivity index (χ3n) is 3.96. The van der Waals surface area contributed by atoms with Crippen LogP contribution in [0.15, 0.2) is 36.4 Å². The number of nitrogens with zero attached hydrogens (tertiary/aromatic N) is 2. The van der Waals surface area contributed by atoms with Crippen LogP contribution in [0.3, 0.4) is 0 Å². The lowest BCUT2D eigenvalue weighted by atomic mass is 10.0. The molecule has 1 N–H and O–H groups in total. The highest BCUT2D eigenvalue weighted by molar-refractivity contribution is 5.82. The summed E-state index contributed by atoms with van der Waals surface area (Å²) in [6.45, 7) is 7.67. The number of carbonyl (C=O) groups excluding carboxylic acids is 1. The maximum absolute atomic E-state index is 12.3. The van der Waals surface area contributed by atoms with Crippen molar-refractivity contribution in [1.82, 2.24) is 10.3 Å². The average molecular weight is 297 g/mol. The van der Waals surface area contributed by atoms with E-state index >= 15 is 0 Å². The highest BCUT2D eigenvalue weighted by Crippen LogP contribution is 2.25. The Labute approximate surface area is 131 Å². The Kier molecular flexibility index (Phi) is 3.77. The maximum atomic E-state index is 12.3. The van der Waals surface area contributed by atoms with E-state index in [9.17, 15) is 4.79 Å². The zero-order valence-electron chi connectivity index (χ0n) is 13.5. The molecule has 1 fully saturated rings. The second kappa shape index (κ2) is 5.59. The van der Waals surface area contributed by atoms with Gasteiger partial charge >= 0.3 is 0 Å². The van der Waals surface area contributed by atoms with Crippen LogP contribution in [0.25, 0.3) is 10.9 Å². The van der Waals surface area contributed by atoms with Crippen molar-refractivity contribution in [2.24, 2.45) is 5.92 Å². The van der Waals surface area contributed by atoms with Gasteiger partial charge in [-0.25, -0.2) is 4.98 Å². The van der Waals surface area contributed by atoms with Gasteiger partial charge in [0.05, 0.1) is 11.4 Å². The predicted octanol–water partition coefficient (Wildman–Crippen LogP) is 2.98. The summed E-state index contributed by atoms with van der Waals surface area (Å²) >= 11 is 0. The van der Waals surface area contributed by atoms with Crippen molar-refractivity contribution in [2.45, 2.75) is 32.7 Å². The SMILES string of the molecule is CC(C)(C)NC(=O)C1CCN(c2ccc3ccccc3n2)C1. The number of nitrogens with one attached hydrogen (secondary N) is 1. The number of benzene rings is 1. The molecule has 2 aromatic rings. The minimum atomic E-state index is -0.175. The number of hydrogen-bond donors (Lipinski definition) is 1. The molecule has 3 rings (SSSR count). The van der Waals surface area contributed by atoms with Gasteiger partial charge in [0.25, 0.3) is 0 Å². The summed E-state index contributed by atoms with van der Waals surface area (Å²) in [7, 11) is 0. The van der Waals surface area contributed by atoms with E-state index in [0.29, 0.717) is 0 Å². The Balaban J connectivity index is 1.72. The summed E-state index contributed by atoms with van der Waals surface area (Å²) < 4.78 is 0. The van der Waals surface area contributed by atoms with E-state index in [1.807, 2.05) is 45.0 Å². The van der Waals surface area contributed by atoms with Crippen LogP contribution in [0, 0.1) is 5.92 Å². The fraction of sp³-hybridized carbons (Fsp3) is 0.444. The number of amides is 1. The smallest absolute Gasteiger partial charge is 0.225 e. The minimum Gasteiger partial charge on any atom is -0.356 e. The molecule has 0 radical (unpaired) electrons. The maximum Gasteiger partial charge on any atom is 0.225 e. The predicted molar refractivity (Wildman–Crippen MR) is 90.0 cm³/mol. The second-order valence-electron chi connectivity index (χ2n) is 7.03. The van der Waals surface area contributed by atoms with Gasteiger partial charge in [-0.3, -0.25) is 4.79 Å². The molecule has 0 saturated carbocycles. The van der Waals surface area contributed by atoms with Crippen LogP contribution in [0.2, 0.25) is 0 Å². The topological polar surface area (TPSA) is 45.2 Å². The van der Waals surface area contributed by atoms with Crippen LogP contribution in [0.5, 0.6) is 0 Å². The summed E-state index contributed by atoms with van der Waals surface area (Å²) in [4.78, 5) is 19.2. The van der Waals surface area contributed by atoms with E-state index in [2.05, 4.69) is 22.3 Å². The number of fused-ring (bicyclic) bond motifs is 1.